The lowest BCUT2D eigenvalue weighted by Crippen LogP contribution is -2.09. The minimum Gasteiger partial charge on any atom is -0.478 e. The zero-order chi connectivity index (χ0) is 16.0. The topological polar surface area (TPSA) is 68.0 Å². The Bertz CT molecular complexity index is 916. The minimum atomic E-state index is -0.938. The van der Waals surface area contributed by atoms with Crippen LogP contribution in [0.25, 0.3) is 17.1 Å². The summed E-state index contributed by atoms with van der Waals surface area (Å²) < 4.78 is 1.74. The number of fused-ring (bicyclic) bond motifs is 3. The molecule has 1 aliphatic rings. The SMILES string of the molecule is Cc1ccc(-c2nc3n(n2)-c2cc(C(=O)O)ccc2CS3)cc1. The van der Waals surface area contributed by atoms with Gasteiger partial charge in [0.05, 0.1) is 11.3 Å². The Labute approximate surface area is 137 Å². The molecule has 0 amide bonds. The molecule has 1 N–H and O–H groups in total. The second kappa shape index (κ2) is 5.24. The van der Waals surface area contributed by atoms with Crippen molar-refractivity contribution < 1.29 is 9.90 Å². The molecule has 6 heteroatoms. The Morgan fingerprint density at radius 2 is 2.00 bits per heavy atom. The number of thioether (sulfide) groups is 1. The molecular formula is C17H13N3O2S. The summed E-state index contributed by atoms with van der Waals surface area (Å²) in [5.74, 6) is 0.480. The zero-order valence-electron chi connectivity index (χ0n) is 12.4. The first kappa shape index (κ1) is 14.0. The highest BCUT2D eigenvalue weighted by Gasteiger charge is 2.22. The van der Waals surface area contributed by atoms with Crippen LogP contribution in [0, 0.1) is 6.92 Å². The molecule has 0 bridgehead atoms. The molecule has 2 aromatic carbocycles. The predicted molar refractivity (Wildman–Crippen MR) is 88.1 cm³/mol. The van der Waals surface area contributed by atoms with Gasteiger partial charge in [0.1, 0.15) is 0 Å². The summed E-state index contributed by atoms with van der Waals surface area (Å²) in [6.45, 7) is 2.04. The van der Waals surface area contributed by atoms with E-state index in [0.29, 0.717) is 5.82 Å². The largest absolute Gasteiger partial charge is 0.478 e. The minimum absolute atomic E-state index is 0.258. The highest BCUT2D eigenvalue weighted by Crippen LogP contribution is 2.34. The second-order valence-electron chi connectivity index (χ2n) is 5.43. The van der Waals surface area contributed by atoms with Gasteiger partial charge in [-0.3, -0.25) is 0 Å². The highest BCUT2D eigenvalue weighted by molar-refractivity contribution is 7.98. The third kappa shape index (κ3) is 2.41. The standard InChI is InChI=1S/C17H13N3O2S/c1-10-2-4-11(5-3-10)15-18-17-20(19-15)14-8-12(16(21)22)6-7-13(14)9-23-17/h2-8H,9H2,1H3,(H,21,22). The van der Waals surface area contributed by atoms with Crippen LogP contribution >= 0.6 is 11.8 Å². The van der Waals surface area contributed by atoms with E-state index < -0.39 is 5.97 Å². The number of nitrogens with zero attached hydrogens (tertiary/aromatic N) is 3. The maximum absolute atomic E-state index is 11.2. The Balaban J connectivity index is 1.83. The molecular weight excluding hydrogens is 310 g/mol. The van der Waals surface area contributed by atoms with E-state index in [0.717, 1.165) is 27.7 Å². The van der Waals surface area contributed by atoms with Crippen LogP contribution in [0.4, 0.5) is 0 Å². The van der Waals surface area contributed by atoms with Gasteiger partial charge in [-0.15, -0.1) is 5.10 Å². The molecule has 0 spiro atoms. The number of aromatic carboxylic acids is 1. The number of aromatic nitrogens is 3. The molecule has 0 unspecified atom stereocenters. The van der Waals surface area contributed by atoms with Gasteiger partial charge in [0.2, 0.25) is 0 Å². The van der Waals surface area contributed by atoms with Crippen LogP contribution in [0.5, 0.6) is 0 Å². The average molecular weight is 323 g/mol. The van der Waals surface area contributed by atoms with Gasteiger partial charge in [-0.1, -0.05) is 47.7 Å². The van der Waals surface area contributed by atoms with Crippen molar-refractivity contribution in [3.05, 3.63) is 59.2 Å². The predicted octanol–water partition coefficient (Wildman–Crippen LogP) is 3.55. The monoisotopic (exact) mass is 323 g/mol. The van der Waals surface area contributed by atoms with Crippen molar-refractivity contribution in [2.45, 2.75) is 17.8 Å². The van der Waals surface area contributed by atoms with Gasteiger partial charge in [0.25, 0.3) is 0 Å². The van der Waals surface area contributed by atoms with Crippen LogP contribution < -0.4 is 0 Å². The third-order valence-electron chi connectivity index (χ3n) is 3.80. The van der Waals surface area contributed by atoms with Gasteiger partial charge in [-0.2, -0.15) is 0 Å². The summed E-state index contributed by atoms with van der Waals surface area (Å²) in [4.78, 5) is 15.8. The molecule has 0 aliphatic carbocycles. The van der Waals surface area contributed by atoms with Crippen LogP contribution in [0.15, 0.2) is 47.6 Å². The van der Waals surface area contributed by atoms with Crippen molar-refractivity contribution in [1.29, 1.82) is 0 Å². The van der Waals surface area contributed by atoms with Crippen molar-refractivity contribution >= 4 is 17.7 Å². The summed E-state index contributed by atoms with van der Waals surface area (Å²) >= 11 is 1.61. The van der Waals surface area contributed by atoms with Crippen molar-refractivity contribution in [2.75, 3.05) is 0 Å². The Morgan fingerprint density at radius 1 is 1.22 bits per heavy atom. The number of carboxylic acids is 1. The normalized spacial score (nSPS) is 12.6. The molecule has 4 rings (SSSR count). The average Bonchev–Trinajstić information content (AvgIpc) is 2.99. The summed E-state index contributed by atoms with van der Waals surface area (Å²) in [5, 5.41) is 14.6. The van der Waals surface area contributed by atoms with Crippen molar-refractivity contribution in [1.82, 2.24) is 14.8 Å². The lowest BCUT2D eigenvalue weighted by molar-refractivity contribution is 0.0697. The maximum atomic E-state index is 11.2. The van der Waals surface area contributed by atoms with Crippen LogP contribution in [0.1, 0.15) is 21.5 Å². The fourth-order valence-electron chi connectivity index (χ4n) is 2.53. The molecule has 3 aromatic rings. The Hall–Kier alpha value is -2.60. The number of benzene rings is 2. The lowest BCUT2D eigenvalue weighted by Gasteiger charge is -2.16. The zero-order valence-corrected chi connectivity index (χ0v) is 13.2. The molecule has 0 radical (unpaired) electrons. The van der Waals surface area contributed by atoms with Crippen LogP contribution in [0.3, 0.4) is 0 Å². The number of aryl methyl sites for hydroxylation is 1. The molecule has 0 saturated heterocycles. The van der Waals surface area contributed by atoms with Crippen LogP contribution in [0.2, 0.25) is 0 Å². The van der Waals surface area contributed by atoms with E-state index in [4.69, 9.17) is 0 Å². The van der Waals surface area contributed by atoms with E-state index >= 15 is 0 Å². The smallest absolute Gasteiger partial charge is 0.335 e. The Morgan fingerprint density at radius 3 is 2.74 bits per heavy atom. The van der Waals surface area contributed by atoms with Gasteiger partial charge in [0.15, 0.2) is 11.0 Å². The van der Waals surface area contributed by atoms with E-state index in [-0.39, 0.29) is 5.56 Å². The molecule has 0 saturated carbocycles. The van der Waals surface area contributed by atoms with E-state index in [2.05, 4.69) is 10.1 Å². The van der Waals surface area contributed by atoms with Crippen LogP contribution in [-0.2, 0) is 5.75 Å². The summed E-state index contributed by atoms with van der Waals surface area (Å²) in [6.07, 6.45) is 0. The van der Waals surface area contributed by atoms with Crippen molar-refractivity contribution in [3.8, 4) is 17.1 Å². The molecule has 2 heterocycles. The first-order valence-electron chi connectivity index (χ1n) is 7.15. The van der Waals surface area contributed by atoms with E-state index in [1.54, 1.807) is 28.6 Å². The number of carboxylic acid groups (broad SMARTS) is 1. The molecule has 5 nitrogen and oxygen atoms in total. The van der Waals surface area contributed by atoms with Gasteiger partial charge in [-0.25, -0.2) is 14.5 Å². The lowest BCUT2D eigenvalue weighted by atomic mass is 10.1. The summed E-state index contributed by atoms with van der Waals surface area (Å²) in [7, 11) is 0. The number of rotatable bonds is 2. The molecule has 1 aromatic heterocycles. The summed E-state index contributed by atoms with van der Waals surface area (Å²) in [5.41, 5.74) is 4.25. The highest BCUT2D eigenvalue weighted by atomic mass is 32.2. The van der Waals surface area contributed by atoms with E-state index in [1.165, 1.54) is 5.56 Å². The fraction of sp³-hybridized carbons (Fsp3) is 0.118. The summed E-state index contributed by atoms with van der Waals surface area (Å²) in [6, 6.07) is 13.2. The molecule has 0 atom stereocenters. The molecule has 1 aliphatic heterocycles. The van der Waals surface area contributed by atoms with E-state index in [1.807, 2.05) is 37.3 Å². The first-order valence-corrected chi connectivity index (χ1v) is 8.14. The number of hydrogen-bond donors (Lipinski definition) is 1. The number of carbonyl (C=O) groups is 1. The molecule has 0 fully saturated rings. The van der Waals surface area contributed by atoms with E-state index in [9.17, 15) is 9.90 Å². The maximum Gasteiger partial charge on any atom is 0.335 e. The second-order valence-corrected chi connectivity index (χ2v) is 6.38. The number of hydrogen-bond acceptors (Lipinski definition) is 4. The van der Waals surface area contributed by atoms with Crippen molar-refractivity contribution in [2.24, 2.45) is 0 Å². The van der Waals surface area contributed by atoms with Gasteiger partial charge in [0, 0.05) is 11.3 Å². The quantitative estimate of drug-likeness (QED) is 0.781. The van der Waals surface area contributed by atoms with Crippen LogP contribution in [-0.4, -0.2) is 25.8 Å². The molecule has 23 heavy (non-hydrogen) atoms. The van der Waals surface area contributed by atoms with Gasteiger partial charge < -0.3 is 5.11 Å². The van der Waals surface area contributed by atoms with Crippen molar-refractivity contribution in [3.63, 3.8) is 0 Å². The fourth-order valence-corrected chi connectivity index (χ4v) is 3.47. The first-order chi connectivity index (χ1) is 11.1. The van der Waals surface area contributed by atoms with Gasteiger partial charge in [-0.05, 0) is 24.6 Å². The Kier molecular flexibility index (Phi) is 3.20. The third-order valence-corrected chi connectivity index (χ3v) is 4.78. The van der Waals surface area contributed by atoms with Gasteiger partial charge >= 0.3 is 5.97 Å². The molecule has 114 valence electrons.